The second kappa shape index (κ2) is 8.30. The van der Waals surface area contributed by atoms with Gasteiger partial charge in [-0.3, -0.25) is 9.69 Å². The highest BCUT2D eigenvalue weighted by atomic mass is 16.6. The molecule has 0 unspecified atom stereocenters. The molecule has 150 valence electrons. The van der Waals surface area contributed by atoms with Gasteiger partial charge in [-0.25, -0.2) is 9.59 Å². The van der Waals surface area contributed by atoms with Crippen molar-refractivity contribution in [1.82, 2.24) is 4.90 Å². The van der Waals surface area contributed by atoms with Gasteiger partial charge in [-0.15, -0.1) is 0 Å². The number of carbonyl (C=O) groups excluding carboxylic acids is 3. The fourth-order valence-electron chi connectivity index (χ4n) is 3.36. The topological polar surface area (TPSA) is 108 Å². The van der Waals surface area contributed by atoms with Crippen LogP contribution in [0.25, 0.3) is 0 Å². The van der Waals surface area contributed by atoms with Crippen LogP contribution in [0.3, 0.4) is 0 Å². The molecule has 9 heteroatoms. The van der Waals surface area contributed by atoms with E-state index < -0.39 is 5.97 Å². The summed E-state index contributed by atoms with van der Waals surface area (Å²) < 4.78 is 9.84. The van der Waals surface area contributed by atoms with E-state index in [1.54, 1.807) is 24.0 Å². The molecule has 0 bridgehead atoms. The molecule has 2 N–H and O–H groups in total. The van der Waals surface area contributed by atoms with Crippen molar-refractivity contribution >= 4 is 29.3 Å². The molecule has 2 amide bonds. The van der Waals surface area contributed by atoms with Crippen molar-refractivity contribution in [3.05, 3.63) is 35.0 Å². The Bertz CT molecular complexity index is 835. The van der Waals surface area contributed by atoms with Gasteiger partial charge in [-0.1, -0.05) is 0 Å². The summed E-state index contributed by atoms with van der Waals surface area (Å²) in [5, 5.41) is 12.1. The van der Waals surface area contributed by atoms with Gasteiger partial charge in [0.15, 0.2) is 0 Å². The lowest BCUT2D eigenvalue weighted by Crippen LogP contribution is -2.31. The average Bonchev–Trinajstić information content (AvgIpc) is 3.24. The van der Waals surface area contributed by atoms with E-state index in [9.17, 15) is 14.4 Å². The quantitative estimate of drug-likeness (QED) is 0.695. The number of hydrogen-bond donors (Lipinski definition) is 2. The zero-order valence-electron chi connectivity index (χ0n) is 15.9. The maximum atomic E-state index is 12.6. The van der Waals surface area contributed by atoms with E-state index in [4.69, 9.17) is 14.6 Å². The Hall–Kier alpha value is -3.07. The van der Waals surface area contributed by atoms with E-state index in [-0.39, 0.29) is 43.0 Å². The number of hydrogen-bond acceptors (Lipinski definition) is 7. The lowest BCUT2D eigenvalue weighted by Gasteiger charge is -2.17. The lowest BCUT2D eigenvalue weighted by atomic mass is 10.1. The minimum atomic E-state index is -0.592. The molecule has 2 heterocycles. The van der Waals surface area contributed by atoms with Crippen LogP contribution in [0.5, 0.6) is 0 Å². The number of carbonyl (C=O) groups is 3. The number of fused-ring (bicyclic) bond motifs is 1. The number of anilines is 2. The first-order valence-electron chi connectivity index (χ1n) is 9.06. The van der Waals surface area contributed by atoms with Gasteiger partial charge in [0.25, 0.3) is 5.91 Å². The Balaban J connectivity index is 1.84. The van der Waals surface area contributed by atoms with Crippen molar-refractivity contribution in [3.8, 4) is 0 Å². The number of amides is 2. The van der Waals surface area contributed by atoms with Gasteiger partial charge in [0.2, 0.25) is 0 Å². The molecule has 0 radical (unpaired) electrons. The minimum Gasteiger partial charge on any atom is -0.466 e. The van der Waals surface area contributed by atoms with Crippen LogP contribution in [0.1, 0.15) is 12.5 Å². The van der Waals surface area contributed by atoms with Gasteiger partial charge < -0.3 is 24.8 Å². The predicted octanol–water partition coefficient (Wildman–Crippen LogP) is 0.879. The zero-order valence-corrected chi connectivity index (χ0v) is 15.9. The summed E-state index contributed by atoms with van der Waals surface area (Å²) >= 11 is 0. The number of esters is 1. The van der Waals surface area contributed by atoms with Crippen molar-refractivity contribution in [1.29, 1.82) is 0 Å². The van der Waals surface area contributed by atoms with Crippen LogP contribution in [-0.4, -0.2) is 67.9 Å². The normalized spacial score (nSPS) is 15.8. The van der Waals surface area contributed by atoms with Gasteiger partial charge in [0.05, 0.1) is 38.1 Å². The first-order chi connectivity index (χ1) is 13.5. The number of aliphatic hydroxyl groups is 1. The second-order valence-corrected chi connectivity index (χ2v) is 6.36. The van der Waals surface area contributed by atoms with Gasteiger partial charge in [-0.05, 0) is 37.1 Å². The molecular formula is C19H23N3O6. The molecule has 0 atom stereocenters. The molecule has 1 aromatic rings. The van der Waals surface area contributed by atoms with Crippen LogP contribution >= 0.6 is 0 Å². The molecule has 1 aromatic carbocycles. The van der Waals surface area contributed by atoms with Gasteiger partial charge >= 0.3 is 12.1 Å². The van der Waals surface area contributed by atoms with Gasteiger partial charge in [0.1, 0.15) is 5.70 Å². The average molecular weight is 389 g/mol. The summed E-state index contributed by atoms with van der Waals surface area (Å²) in [6.07, 6.45) is 0.278. The molecule has 0 aliphatic carbocycles. The SMILES string of the molecule is CCOC(=O)N1CCc2cc(NC3=C(C(=O)OC)CN(CCO)C3=O)ccc21. The highest BCUT2D eigenvalue weighted by Crippen LogP contribution is 2.32. The second-order valence-electron chi connectivity index (χ2n) is 6.36. The van der Waals surface area contributed by atoms with Crippen LogP contribution in [-0.2, 0) is 25.5 Å². The number of rotatable bonds is 6. The van der Waals surface area contributed by atoms with Crippen molar-refractivity contribution in [2.24, 2.45) is 0 Å². The molecule has 0 saturated heterocycles. The summed E-state index contributed by atoms with van der Waals surface area (Å²) in [6, 6.07) is 5.36. The minimum absolute atomic E-state index is 0.0793. The van der Waals surface area contributed by atoms with Gasteiger partial charge in [0, 0.05) is 18.8 Å². The van der Waals surface area contributed by atoms with E-state index in [2.05, 4.69) is 5.32 Å². The molecular weight excluding hydrogens is 366 g/mol. The number of methoxy groups -OCH3 is 1. The first kappa shape index (κ1) is 19.7. The van der Waals surface area contributed by atoms with E-state index in [1.165, 1.54) is 12.0 Å². The fourth-order valence-corrected chi connectivity index (χ4v) is 3.36. The third kappa shape index (κ3) is 3.65. The van der Waals surface area contributed by atoms with E-state index >= 15 is 0 Å². The predicted molar refractivity (Wildman–Crippen MR) is 101 cm³/mol. The third-order valence-corrected chi connectivity index (χ3v) is 4.69. The molecule has 0 fully saturated rings. The highest BCUT2D eigenvalue weighted by molar-refractivity contribution is 6.08. The molecule has 2 aliphatic heterocycles. The molecule has 0 aromatic heterocycles. The number of nitrogens with one attached hydrogen (secondary N) is 1. The molecule has 2 aliphatic rings. The monoisotopic (exact) mass is 389 g/mol. The molecule has 28 heavy (non-hydrogen) atoms. The van der Waals surface area contributed by atoms with Crippen LogP contribution < -0.4 is 10.2 Å². The number of aliphatic hydroxyl groups excluding tert-OH is 1. The number of β-amino-alcohol motifs (C(OH)–C–C–N with tert-alkyl or cyclic N) is 1. The van der Waals surface area contributed by atoms with E-state index in [0.717, 1.165) is 11.3 Å². The summed E-state index contributed by atoms with van der Waals surface area (Å²) in [5.74, 6) is -0.964. The fraction of sp³-hybridized carbons (Fsp3) is 0.421. The standard InChI is InChI=1S/C19H23N3O6/c1-3-28-19(26)22-7-6-12-10-13(4-5-15(12)22)20-16-14(18(25)27-2)11-21(8-9-23)17(16)24/h4-5,10,20,23H,3,6-9,11H2,1-2H3. The highest BCUT2D eigenvalue weighted by Gasteiger charge is 2.34. The third-order valence-electron chi connectivity index (χ3n) is 4.69. The van der Waals surface area contributed by atoms with Crippen molar-refractivity contribution in [3.63, 3.8) is 0 Å². The van der Waals surface area contributed by atoms with Crippen molar-refractivity contribution in [2.45, 2.75) is 13.3 Å². The number of nitrogens with zero attached hydrogens (tertiary/aromatic N) is 2. The zero-order chi connectivity index (χ0) is 20.3. The van der Waals surface area contributed by atoms with E-state index in [0.29, 0.717) is 25.3 Å². The maximum Gasteiger partial charge on any atom is 0.414 e. The summed E-state index contributed by atoms with van der Waals surface area (Å²) in [4.78, 5) is 39.6. The lowest BCUT2D eigenvalue weighted by molar-refractivity contribution is -0.136. The maximum absolute atomic E-state index is 12.6. The Labute approximate surface area is 162 Å². The van der Waals surface area contributed by atoms with Crippen molar-refractivity contribution < 1.29 is 29.0 Å². The Morgan fingerprint density at radius 1 is 1.32 bits per heavy atom. The Morgan fingerprint density at radius 3 is 2.79 bits per heavy atom. The number of ether oxygens (including phenoxy) is 2. The number of benzene rings is 1. The largest absolute Gasteiger partial charge is 0.466 e. The van der Waals surface area contributed by atoms with Gasteiger partial charge in [-0.2, -0.15) is 0 Å². The molecule has 0 spiro atoms. The molecule has 0 saturated carbocycles. The molecule has 3 rings (SSSR count). The van der Waals surface area contributed by atoms with Crippen LogP contribution in [0, 0.1) is 0 Å². The summed E-state index contributed by atoms with van der Waals surface area (Å²) in [6.45, 7) is 2.60. The Kier molecular flexibility index (Phi) is 5.84. The van der Waals surface area contributed by atoms with Crippen LogP contribution in [0.2, 0.25) is 0 Å². The smallest absolute Gasteiger partial charge is 0.414 e. The first-order valence-corrected chi connectivity index (χ1v) is 9.06. The molecule has 9 nitrogen and oxygen atoms in total. The summed E-state index contributed by atoms with van der Waals surface area (Å²) in [7, 11) is 1.26. The summed E-state index contributed by atoms with van der Waals surface area (Å²) in [5.41, 5.74) is 2.69. The van der Waals surface area contributed by atoms with Crippen molar-refractivity contribution in [2.75, 3.05) is 50.2 Å². The van der Waals surface area contributed by atoms with Crippen LogP contribution in [0.15, 0.2) is 29.5 Å². The van der Waals surface area contributed by atoms with E-state index in [1.807, 2.05) is 6.07 Å². The Morgan fingerprint density at radius 2 is 2.11 bits per heavy atom. The van der Waals surface area contributed by atoms with Crippen LogP contribution in [0.4, 0.5) is 16.2 Å².